The van der Waals surface area contributed by atoms with Crippen molar-refractivity contribution in [2.45, 2.75) is 45.6 Å². The lowest BCUT2D eigenvalue weighted by Crippen LogP contribution is -2.56. The van der Waals surface area contributed by atoms with Crippen molar-refractivity contribution in [3.8, 4) is 0 Å². The van der Waals surface area contributed by atoms with E-state index in [1.807, 2.05) is 20.9 Å². The minimum atomic E-state index is 0. The van der Waals surface area contributed by atoms with Gasteiger partial charge in [0.25, 0.3) is 0 Å². The number of amides is 1. The van der Waals surface area contributed by atoms with Gasteiger partial charge in [-0.25, -0.2) is 0 Å². The molecule has 1 saturated heterocycles. The van der Waals surface area contributed by atoms with Crippen LogP contribution >= 0.6 is 24.0 Å². The van der Waals surface area contributed by atoms with Crippen LogP contribution < -0.4 is 10.6 Å². The van der Waals surface area contributed by atoms with E-state index < -0.39 is 0 Å². The molecule has 0 aromatic carbocycles. The van der Waals surface area contributed by atoms with Gasteiger partial charge in [-0.15, -0.1) is 24.0 Å². The third-order valence-corrected chi connectivity index (χ3v) is 6.23. The molecule has 0 aromatic heterocycles. The monoisotopic (exact) mass is 477 g/mol. The Balaban J connectivity index is 0.00000243. The Morgan fingerprint density at radius 1 is 1.08 bits per heavy atom. The summed E-state index contributed by atoms with van der Waals surface area (Å²) in [6, 6.07) is 0.849. The first-order valence-corrected chi connectivity index (χ1v) is 10.1. The molecule has 3 aliphatic rings. The minimum Gasteiger partial charge on any atom is -0.354 e. The van der Waals surface area contributed by atoms with Gasteiger partial charge < -0.3 is 15.5 Å². The summed E-state index contributed by atoms with van der Waals surface area (Å²) in [5.74, 6) is 3.10. The first kappa shape index (κ1) is 21.7. The van der Waals surface area contributed by atoms with Crippen molar-refractivity contribution < 1.29 is 4.79 Å². The number of aliphatic imine (C=N–C) groups is 1. The molecule has 0 radical (unpaired) electrons. The number of carbonyl (C=O) groups is 1. The van der Waals surface area contributed by atoms with Gasteiger partial charge in [0, 0.05) is 58.3 Å². The van der Waals surface area contributed by atoms with Crippen molar-refractivity contribution in [1.29, 1.82) is 0 Å². The lowest BCUT2D eigenvalue weighted by atomic mass is 9.93. The third kappa shape index (κ3) is 5.24. The topological polar surface area (TPSA) is 60.0 Å². The van der Waals surface area contributed by atoms with Crippen molar-refractivity contribution in [1.82, 2.24) is 20.4 Å². The molecule has 2 N–H and O–H groups in total. The molecule has 7 heteroatoms. The molecular weight excluding hydrogens is 441 g/mol. The number of halogens is 1. The predicted octanol–water partition coefficient (Wildman–Crippen LogP) is 1.76. The largest absolute Gasteiger partial charge is 0.354 e. The molecule has 3 rings (SSSR count). The van der Waals surface area contributed by atoms with Gasteiger partial charge in [-0.1, -0.05) is 20.3 Å². The summed E-state index contributed by atoms with van der Waals surface area (Å²) in [6.07, 6.45) is 5.86. The van der Waals surface area contributed by atoms with Crippen molar-refractivity contribution >= 4 is 35.8 Å². The second-order valence-electron chi connectivity index (χ2n) is 8.18. The maximum atomic E-state index is 11.6. The summed E-state index contributed by atoms with van der Waals surface area (Å²) >= 11 is 0. The first-order chi connectivity index (χ1) is 12.1. The van der Waals surface area contributed by atoms with Crippen LogP contribution in [0.1, 0.15) is 39.5 Å². The SMILES string of the molecule is CN=C(NCCNC(=O)C(C)C)N1CCN(C2CC3CCC2C3)CC1.I. The number of hydrogen-bond acceptors (Lipinski definition) is 3. The highest BCUT2D eigenvalue weighted by molar-refractivity contribution is 14.0. The number of hydrogen-bond donors (Lipinski definition) is 2. The molecule has 3 atom stereocenters. The van der Waals surface area contributed by atoms with Crippen molar-refractivity contribution in [2.24, 2.45) is 22.7 Å². The smallest absolute Gasteiger partial charge is 0.222 e. The van der Waals surface area contributed by atoms with Crippen LogP contribution in [0.25, 0.3) is 0 Å². The first-order valence-electron chi connectivity index (χ1n) is 10.1. The van der Waals surface area contributed by atoms with Crippen LogP contribution in [0.4, 0.5) is 0 Å². The normalized spacial score (nSPS) is 29.0. The fourth-order valence-electron chi connectivity index (χ4n) is 4.82. The fourth-order valence-corrected chi connectivity index (χ4v) is 4.82. The fraction of sp³-hybridized carbons (Fsp3) is 0.895. The van der Waals surface area contributed by atoms with Crippen molar-refractivity contribution in [3.63, 3.8) is 0 Å². The van der Waals surface area contributed by atoms with Crippen LogP contribution in [-0.4, -0.2) is 74.0 Å². The molecule has 6 nitrogen and oxygen atoms in total. The summed E-state index contributed by atoms with van der Waals surface area (Å²) in [7, 11) is 1.84. The van der Waals surface area contributed by atoms with Gasteiger partial charge in [0.1, 0.15) is 0 Å². The Hall–Kier alpha value is -0.570. The van der Waals surface area contributed by atoms with Crippen molar-refractivity contribution in [3.05, 3.63) is 0 Å². The number of nitrogens with zero attached hydrogens (tertiary/aromatic N) is 3. The third-order valence-electron chi connectivity index (χ3n) is 6.23. The number of fused-ring (bicyclic) bond motifs is 2. The van der Waals surface area contributed by atoms with E-state index in [1.165, 1.54) is 25.7 Å². The van der Waals surface area contributed by atoms with Crippen LogP contribution in [0.2, 0.25) is 0 Å². The standard InChI is InChI=1S/C19H35N5O.HI/c1-14(2)18(25)21-6-7-22-19(20-3)24-10-8-23(9-11-24)17-13-15-4-5-16(17)12-15;/h14-17H,4-13H2,1-3H3,(H,20,22)(H,21,25);1H. The molecule has 3 unspecified atom stereocenters. The van der Waals surface area contributed by atoms with Gasteiger partial charge in [0.15, 0.2) is 5.96 Å². The summed E-state index contributed by atoms with van der Waals surface area (Å²) in [5.41, 5.74) is 0. The van der Waals surface area contributed by atoms with E-state index in [4.69, 9.17) is 0 Å². The number of piperazine rings is 1. The lowest BCUT2D eigenvalue weighted by Gasteiger charge is -2.41. The van der Waals surface area contributed by atoms with Crippen molar-refractivity contribution in [2.75, 3.05) is 46.3 Å². The lowest BCUT2D eigenvalue weighted by molar-refractivity contribution is -0.123. The molecule has 1 heterocycles. The van der Waals surface area contributed by atoms with E-state index >= 15 is 0 Å². The van der Waals surface area contributed by atoms with E-state index in [0.717, 1.165) is 56.6 Å². The summed E-state index contributed by atoms with van der Waals surface area (Å²) in [4.78, 5) is 21.1. The molecule has 1 amide bonds. The molecule has 3 fully saturated rings. The predicted molar refractivity (Wildman–Crippen MR) is 117 cm³/mol. The van der Waals surface area contributed by atoms with Gasteiger partial charge in [0.05, 0.1) is 0 Å². The number of guanidine groups is 1. The maximum Gasteiger partial charge on any atom is 0.222 e. The Morgan fingerprint density at radius 2 is 1.77 bits per heavy atom. The Labute approximate surface area is 175 Å². The minimum absolute atomic E-state index is 0. The average molecular weight is 477 g/mol. The average Bonchev–Trinajstić information content (AvgIpc) is 3.25. The Morgan fingerprint density at radius 3 is 2.31 bits per heavy atom. The van der Waals surface area contributed by atoms with Crippen LogP contribution in [0.3, 0.4) is 0 Å². The van der Waals surface area contributed by atoms with Crippen LogP contribution in [0, 0.1) is 17.8 Å². The van der Waals surface area contributed by atoms with Gasteiger partial charge in [-0.2, -0.15) is 0 Å². The highest BCUT2D eigenvalue weighted by Crippen LogP contribution is 2.46. The summed E-state index contributed by atoms with van der Waals surface area (Å²) in [5, 5.41) is 6.33. The summed E-state index contributed by atoms with van der Waals surface area (Å²) in [6.45, 7) is 9.59. The number of nitrogens with one attached hydrogen (secondary N) is 2. The molecule has 1 aliphatic heterocycles. The highest BCUT2D eigenvalue weighted by Gasteiger charge is 2.42. The zero-order valence-electron chi connectivity index (χ0n) is 16.5. The zero-order chi connectivity index (χ0) is 17.8. The number of carbonyl (C=O) groups excluding carboxylic acids is 1. The van der Waals surface area contributed by atoms with E-state index in [9.17, 15) is 4.79 Å². The molecular formula is C19H36IN5O. The number of rotatable bonds is 5. The summed E-state index contributed by atoms with van der Waals surface area (Å²) < 4.78 is 0. The molecule has 0 spiro atoms. The van der Waals surface area contributed by atoms with Gasteiger partial charge in [0.2, 0.25) is 5.91 Å². The molecule has 2 bridgehead atoms. The molecule has 2 saturated carbocycles. The van der Waals surface area contributed by atoms with E-state index in [0.29, 0.717) is 6.54 Å². The van der Waals surface area contributed by atoms with Crippen LogP contribution in [0.15, 0.2) is 4.99 Å². The highest BCUT2D eigenvalue weighted by atomic mass is 127. The Bertz CT molecular complexity index is 490. The maximum absolute atomic E-state index is 11.6. The molecule has 0 aromatic rings. The van der Waals surface area contributed by atoms with E-state index in [-0.39, 0.29) is 35.8 Å². The van der Waals surface area contributed by atoms with Crippen LogP contribution in [0.5, 0.6) is 0 Å². The molecule has 150 valence electrons. The van der Waals surface area contributed by atoms with E-state index in [1.54, 1.807) is 0 Å². The van der Waals surface area contributed by atoms with Gasteiger partial charge in [-0.3, -0.25) is 14.7 Å². The Kier molecular flexibility index (Phi) is 8.44. The molecule has 2 aliphatic carbocycles. The second kappa shape index (κ2) is 10.1. The zero-order valence-corrected chi connectivity index (χ0v) is 18.9. The van der Waals surface area contributed by atoms with E-state index in [2.05, 4.69) is 25.4 Å². The van der Waals surface area contributed by atoms with Gasteiger partial charge >= 0.3 is 0 Å². The molecule has 26 heavy (non-hydrogen) atoms. The quantitative estimate of drug-likeness (QED) is 0.274. The second-order valence-corrected chi connectivity index (χ2v) is 8.18. The van der Waals surface area contributed by atoms with Crippen LogP contribution in [-0.2, 0) is 4.79 Å². The van der Waals surface area contributed by atoms with Gasteiger partial charge in [-0.05, 0) is 31.1 Å².